The molecule has 0 saturated carbocycles. The van der Waals surface area contributed by atoms with Crippen LogP contribution in [0.5, 0.6) is 0 Å². The first-order valence-electron chi connectivity index (χ1n) is 9.99. The number of amides is 3. The Balaban J connectivity index is 1.56. The fourth-order valence-electron chi connectivity index (χ4n) is 3.49. The van der Waals surface area contributed by atoms with Crippen molar-refractivity contribution in [1.82, 2.24) is 25.6 Å². The summed E-state index contributed by atoms with van der Waals surface area (Å²) in [6.07, 6.45) is 3.96. The summed E-state index contributed by atoms with van der Waals surface area (Å²) in [4.78, 5) is 37.3. The lowest BCUT2D eigenvalue weighted by Gasteiger charge is -2.33. The highest BCUT2D eigenvalue weighted by Gasteiger charge is 2.23. The second-order valence-electron chi connectivity index (χ2n) is 7.10. The zero-order valence-electron chi connectivity index (χ0n) is 17.1. The lowest BCUT2D eigenvalue weighted by atomic mass is 9.92. The van der Waals surface area contributed by atoms with E-state index in [0.29, 0.717) is 37.1 Å². The molecule has 1 fully saturated rings. The number of hydrogen-bond donors (Lipinski definition) is 3. The molecule has 0 aliphatic carbocycles. The molecule has 3 rings (SSSR count). The number of aromatic nitrogens is 3. The highest BCUT2D eigenvalue weighted by molar-refractivity contribution is 5.92. The van der Waals surface area contributed by atoms with Crippen molar-refractivity contribution in [2.45, 2.75) is 26.2 Å². The first-order chi connectivity index (χ1) is 14.5. The quantitative estimate of drug-likeness (QED) is 0.622. The van der Waals surface area contributed by atoms with E-state index in [1.165, 1.54) is 19.4 Å². The Labute approximate surface area is 174 Å². The average Bonchev–Trinajstić information content (AvgIpc) is 2.74. The van der Waals surface area contributed by atoms with Crippen LogP contribution in [0.25, 0.3) is 0 Å². The molecule has 0 spiro atoms. The maximum Gasteiger partial charge on any atom is 0.320 e. The number of anilines is 2. The molecule has 2 aromatic rings. The largest absolute Gasteiger partial charge is 0.368 e. The number of rotatable bonds is 6. The third kappa shape index (κ3) is 5.40. The van der Waals surface area contributed by atoms with Crippen LogP contribution in [-0.2, 0) is 6.42 Å². The fraction of sp³-hybridized carbons (Fsp3) is 0.450. The summed E-state index contributed by atoms with van der Waals surface area (Å²) >= 11 is 0. The van der Waals surface area contributed by atoms with Crippen molar-refractivity contribution in [2.24, 2.45) is 5.92 Å². The highest BCUT2D eigenvalue weighted by Crippen LogP contribution is 2.27. The number of pyridine rings is 1. The predicted molar refractivity (Wildman–Crippen MR) is 111 cm³/mol. The van der Waals surface area contributed by atoms with Crippen molar-refractivity contribution >= 4 is 23.4 Å². The van der Waals surface area contributed by atoms with Gasteiger partial charge in [0.15, 0.2) is 0 Å². The van der Waals surface area contributed by atoms with Gasteiger partial charge in [0.25, 0.3) is 5.91 Å². The molecule has 1 aliphatic heterocycles. The third-order valence-electron chi connectivity index (χ3n) is 5.04. The molecule has 1 saturated heterocycles. The summed E-state index contributed by atoms with van der Waals surface area (Å²) in [6.45, 7) is 3.76. The zero-order chi connectivity index (χ0) is 21.5. The van der Waals surface area contributed by atoms with Gasteiger partial charge >= 0.3 is 6.03 Å². The summed E-state index contributed by atoms with van der Waals surface area (Å²) < 4.78 is 14.4. The summed E-state index contributed by atoms with van der Waals surface area (Å²) in [5.41, 5.74) is 1.34. The Kier molecular flexibility index (Phi) is 7.10. The van der Waals surface area contributed by atoms with Crippen LogP contribution in [0.4, 0.5) is 20.7 Å². The lowest BCUT2D eigenvalue weighted by Crippen LogP contribution is -2.35. The fourth-order valence-corrected chi connectivity index (χ4v) is 3.49. The minimum absolute atomic E-state index is 0.0643. The molecule has 9 nitrogen and oxygen atoms in total. The average molecular weight is 415 g/mol. The van der Waals surface area contributed by atoms with Crippen LogP contribution in [0, 0.1) is 11.9 Å². The number of nitrogens with one attached hydrogen (secondary N) is 3. The van der Waals surface area contributed by atoms with Gasteiger partial charge in [0.1, 0.15) is 17.8 Å². The minimum Gasteiger partial charge on any atom is -0.368 e. The van der Waals surface area contributed by atoms with Gasteiger partial charge < -0.3 is 15.5 Å². The van der Waals surface area contributed by atoms with Gasteiger partial charge in [0, 0.05) is 38.4 Å². The van der Waals surface area contributed by atoms with Crippen molar-refractivity contribution in [3.8, 4) is 0 Å². The molecule has 2 aromatic heterocycles. The Morgan fingerprint density at radius 3 is 2.67 bits per heavy atom. The smallest absolute Gasteiger partial charge is 0.320 e. The topological polar surface area (TPSA) is 112 Å². The second kappa shape index (κ2) is 9.95. The van der Waals surface area contributed by atoms with Crippen LogP contribution in [0.1, 0.15) is 35.9 Å². The maximum absolute atomic E-state index is 14.4. The molecule has 10 heteroatoms. The number of urea groups is 1. The first-order valence-corrected chi connectivity index (χ1v) is 9.99. The first kappa shape index (κ1) is 21.4. The van der Waals surface area contributed by atoms with Crippen LogP contribution < -0.4 is 20.9 Å². The molecule has 1 aliphatic rings. The molecule has 30 heavy (non-hydrogen) atoms. The Bertz CT molecular complexity index is 900. The van der Waals surface area contributed by atoms with Crippen LogP contribution >= 0.6 is 0 Å². The molecule has 3 amide bonds. The lowest BCUT2D eigenvalue weighted by molar-refractivity contribution is 0.0957. The van der Waals surface area contributed by atoms with E-state index >= 15 is 0 Å². The van der Waals surface area contributed by atoms with Crippen molar-refractivity contribution in [2.75, 3.05) is 36.9 Å². The van der Waals surface area contributed by atoms with E-state index in [-0.39, 0.29) is 11.7 Å². The van der Waals surface area contributed by atoms with Crippen molar-refractivity contribution in [1.29, 1.82) is 0 Å². The molecule has 0 unspecified atom stereocenters. The minimum atomic E-state index is -0.633. The normalized spacial score (nSPS) is 14.3. The predicted octanol–water partition coefficient (Wildman–Crippen LogP) is 1.97. The van der Waals surface area contributed by atoms with Gasteiger partial charge in [-0.05, 0) is 44.2 Å². The van der Waals surface area contributed by atoms with E-state index in [9.17, 15) is 14.0 Å². The van der Waals surface area contributed by atoms with E-state index < -0.39 is 11.9 Å². The van der Waals surface area contributed by atoms with Crippen LogP contribution in [0.3, 0.4) is 0 Å². The molecule has 3 N–H and O–H groups in total. The van der Waals surface area contributed by atoms with Gasteiger partial charge in [-0.15, -0.1) is 0 Å². The number of halogens is 1. The molecule has 0 atom stereocenters. The SMILES string of the molecule is CCNC(=O)Nc1cc(CC2CCN(c3ccc(C(=O)NC)nc3F)CC2)ncn1. The van der Waals surface area contributed by atoms with Crippen LogP contribution in [0.15, 0.2) is 24.5 Å². The van der Waals surface area contributed by atoms with Gasteiger partial charge in [0.2, 0.25) is 5.95 Å². The van der Waals surface area contributed by atoms with Gasteiger partial charge in [-0.2, -0.15) is 4.39 Å². The molecular formula is C20H26FN7O2. The Morgan fingerprint density at radius 1 is 1.23 bits per heavy atom. The van der Waals surface area contributed by atoms with E-state index in [1.54, 1.807) is 12.1 Å². The van der Waals surface area contributed by atoms with Crippen molar-refractivity contribution in [3.05, 3.63) is 41.9 Å². The molecular weight excluding hydrogens is 389 g/mol. The third-order valence-corrected chi connectivity index (χ3v) is 5.04. The highest BCUT2D eigenvalue weighted by atomic mass is 19.1. The van der Waals surface area contributed by atoms with E-state index in [4.69, 9.17) is 0 Å². The van der Waals surface area contributed by atoms with E-state index in [1.807, 2.05) is 11.8 Å². The summed E-state index contributed by atoms with van der Waals surface area (Å²) in [5, 5.41) is 7.78. The summed E-state index contributed by atoms with van der Waals surface area (Å²) in [6, 6.07) is 4.63. The van der Waals surface area contributed by atoms with E-state index in [2.05, 4.69) is 30.9 Å². The van der Waals surface area contributed by atoms with Gasteiger partial charge in [-0.25, -0.2) is 19.7 Å². The number of carbonyl (C=O) groups is 2. The molecule has 160 valence electrons. The standard InChI is InChI=1S/C20H26FN7O2/c1-3-23-20(30)27-17-11-14(24-12-25-17)10-13-6-8-28(9-7-13)16-5-4-15(19(29)22-2)26-18(16)21/h4-5,11-13H,3,6-10H2,1-2H3,(H,22,29)(H2,23,24,25,27,30). The molecule has 0 aromatic carbocycles. The number of carbonyl (C=O) groups excluding carboxylic acids is 2. The van der Waals surface area contributed by atoms with E-state index in [0.717, 1.165) is 25.0 Å². The number of nitrogens with zero attached hydrogens (tertiary/aromatic N) is 4. The van der Waals surface area contributed by atoms with Crippen LogP contribution in [0.2, 0.25) is 0 Å². The monoisotopic (exact) mass is 415 g/mol. The molecule has 0 bridgehead atoms. The summed E-state index contributed by atoms with van der Waals surface area (Å²) in [5.74, 6) is -0.182. The van der Waals surface area contributed by atoms with Gasteiger partial charge in [-0.1, -0.05) is 0 Å². The second-order valence-corrected chi connectivity index (χ2v) is 7.10. The van der Waals surface area contributed by atoms with Crippen molar-refractivity contribution in [3.63, 3.8) is 0 Å². The van der Waals surface area contributed by atoms with Crippen LogP contribution in [-0.4, -0.2) is 53.6 Å². The maximum atomic E-state index is 14.4. The summed E-state index contributed by atoms with van der Waals surface area (Å²) in [7, 11) is 1.48. The Morgan fingerprint density at radius 2 is 2.00 bits per heavy atom. The van der Waals surface area contributed by atoms with Crippen molar-refractivity contribution < 1.29 is 14.0 Å². The molecule has 3 heterocycles. The van der Waals surface area contributed by atoms with Gasteiger partial charge in [0.05, 0.1) is 5.69 Å². The zero-order valence-corrected chi connectivity index (χ0v) is 17.1. The molecule has 0 radical (unpaired) electrons. The number of hydrogen-bond acceptors (Lipinski definition) is 6. The Hall–Kier alpha value is -3.30. The van der Waals surface area contributed by atoms with Gasteiger partial charge in [-0.3, -0.25) is 10.1 Å². The number of piperidine rings is 1.